The summed E-state index contributed by atoms with van der Waals surface area (Å²) in [6.45, 7) is 8.01. The summed E-state index contributed by atoms with van der Waals surface area (Å²) in [4.78, 5) is 17.5. The van der Waals surface area contributed by atoms with E-state index in [0.717, 1.165) is 19.4 Å². The van der Waals surface area contributed by atoms with E-state index in [1.54, 1.807) is 28.6 Å². The van der Waals surface area contributed by atoms with Crippen LogP contribution in [0.2, 0.25) is 0 Å². The van der Waals surface area contributed by atoms with Gasteiger partial charge in [-0.2, -0.15) is 4.31 Å². The molecule has 0 atom stereocenters. The molecule has 0 spiro atoms. The Morgan fingerprint density at radius 1 is 1.00 bits per heavy atom. The largest absolute Gasteiger partial charge is 0.335 e. The molecule has 1 amide bonds. The fraction of sp³-hybridized carbons (Fsp3) is 0.480. The van der Waals surface area contributed by atoms with Gasteiger partial charge in [0.2, 0.25) is 10.0 Å². The summed E-state index contributed by atoms with van der Waals surface area (Å²) in [5.74, 6) is 0.310. The number of amides is 1. The van der Waals surface area contributed by atoms with Crippen molar-refractivity contribution in [3.8, 4) is 0 Å². The average molecular weight is 456 g/mol. The summed E-state index contributed by atoms with van der Waals surface area (Å²) in [6, 6.07) is 17.1. The highest BCUT2D eigenvalue weighted by Crippen LogP contribution is 2.29. The van der Waals surface area contributed by atoms with E-state index in [2.05, 4.69) is 30.9 Å². The van der Waals surface area contributed by atoms with Gasteiger partial charge in [0.15, 0.2) is 0 Å². The summed E-state index contributed by atoms with van der Waals surface area (Å²) in [5, 5.41) is 0. The second-order valence-corrected chi connectivity index (χ2v) is 11.2. The first-order chi connectivity index (χ1) is 15.3. The van der Waals surface area contributed by atoms with Crippen LogP contribution in [0.3, 0.4) is 0 Å². The third kappa shape index (κ3) is 5.39. The van der Waals surface area contributed by atoms with Gasteiger partial charge in [-0.15, -0.1) is 0 Å². The summed E-state index contributed by atoms with van der Waals surface area (Å²) in [5.41, 5.74) is 1.69. The van der Waals surface area contributed by atoms with E-state index in [1.807, 2.05) is 23.1 Å². The number of nitrogens with zero attached hydrogens (tertiary/aromatic N) is 3. The minimum atomic E-state index is -3.63. The Kier molecular flexibility index (Phi) is 6.98. The van der Waals surface area contributed by atoms with E-state index in [0.29, 0.717) is 50.2 Å². The summed E-state index contributed by atoms with van der Waals surface area (Å²) in [6.07, 6.45) is 2.06. The number of piperazine rings is 1. The minimum Gasteiger partial charge on any atom is -0.335 e. The molecule has 32 heavy (non-hydrogen) atoms. The lowest BCUT2D eigenvalue weighted by molar-refractivity contribution is 0.0722. The molecular weight excluding hydrogens is 422 g/mol. The van der Waals surface area contributed by atoms with Gasteiger partial charge in [-0.25, -0.2) is 8.42 Å². The Labute approximate surface area is 191 Å². The van der Waals surface area contributed by atoms with Crippen molar-refractivity contribution in [2.75, 3.05) is 32.7 Å². The number of carbonyl (C=O) groups is 1. The van der Waals surface area contributed by atoms with E-state index < -0.39 is 10.0 Å². The zero-order chi connectivity index (χ0) is 22.7. The molecule has 0 unspecified atom stereocenters. The van der Waals surface area contributed by atoms with E-state index in [4.69, 9.17) is 0 Å². The van der Waals surface area contributed by atoms with Crippen LogP contribution in [0, 0.1) is 5.92 Å². The van der Waals surface area contributed by atoms with Gasteiger partial charge in [-0.3, -0.25) is 9.69 Å². The predicted molar refractivity (Wildman–Crippen MR) is 126 cm³/mol. The third-order valence-corrected chi connectivity index (χ3v) is 8.00. The standard InChI is InChI=1S/C25H33N3O3S/c1-20(2)18-28(23-11-12-23)25(29)22-9-6-10-24(17-22)32(30,31)27-15-13-26(14-16-27)19-21-7-4-3-5-8-21/h3-10,17,20,23H,11-16,18-19H2,1-2H3. The Morgan fingerprint density at radius 3 is 2.31 bits per heavy atom. The van der Waals surface area contributed by atoms with Gasteiger partial charge in [0.1, 0.15) is 0 Å². The fourth-order valence-corrected chi connectivity index (χ4v) is 5.72. The van der Waals surface area contributed by atoms with Crippen LogP contribution in [-0.2, 0) is 16.6 Å². The lowest BCUT2D eigenvalue weighted by atomic mass is 10.1. The van der Waals surface area contributed by atoms with Gasteiger partial charge >= 0.3 is 0 Å². The highest BCUT2D eigenvalue weighted by Gasteiger charge is 2.34. The second kappa shape index (κ2) is 9.73. The first kappa shape index (κ1) is 23.0. The summed E-state index contributed by atoms with van der Waals surface area (Å²) >= 11 is 0. The SMILES string of the molecule is CC(C)CN(C(=O)c1cccc(S(=O)(=O)N2CCN(Cc3ccccc3)CC2)c1)C1CC1. The van der Waals surface area contributed by atoms with Crippen LogP contribution in [-0.4, -0.2) is 67.2 Å². The molecule has 0 N–H and O–H groups in total. The molecule has 6 nitrogen and oxygen atoms in total. The van der Waals surface area contributed by atoms with Crippen molar-refractivity contribution in [2.24, 2.45) is 5.92 Å². The Balaban J connectivity index is 1.43. The van der Waals surface area contributed by atoms with Crippen LogP contribution in [0.4, 0.5) is 0 Å². The zero-order valence-corrected chi connectivity index (χ0v) is 19.8. The molecule has 2 aromatic rings. The number of sulfonamides is 1. The second-order valence-electron chi connectivity index (χ2n) is 9.28. The van der Waals surface area contributed by atoms with Gasteiger partial charge in [0.25, 0.3) is 5.91 Å². The molecular formula is C25H33N3O3S. The molecule has 2 fully saturated rings. The first-order valence-electron chi connectivity index (χ1n) is 11.5. The molecule has 1 saturated heterocycles. The Bertz CT molecular complexity index is 1030. The monoisotopic (exact) mass is 455 g/mol. The van der Waals surface area contributed by atoms with Crippen molar-refractivity contribution < 1.29 is 13.2 Å². The lowest BCUT2D eigenvalue weighted by Crippen LogP contribution is -2.48. The Hall–Kier alpha value is -2.22. The molecule has 172 valence electrons. The van der Waals surface area contributed by atoms with Crippen molar-refractivity contribution >= 4 is 15.9 Å². The normalized spacial score (nSPS) is 18.1. The van der Waals surface area contributed by atoms with Crippen molar-refractivity contribution in [1.29, 1.82) is 0 Å². The quantitative estimate of drug-likeness (QED) is 0.612. The van der Waals surface area contributed by atoms with Gasteiger partial charge in [0.05, 0.1) is 4.90 Å². The number of hydrogen-bond donors (Lipinski definition) is 0. The molecule has 0 radical (unpaired) electrons. The predicted octanol–water partition coefficient (Wildman–Crippen LogP) is 3.45. The van der Waals surface area contributed by atoms with E-state index in [1.165, 1.54) is 5.56 Å². The van der Waals surface area contributed by atoms with Crippen molar-refractivity contribution in [3.63, 3.8) is 0 Å². The molecule has 0 bridgehead atoms. The summed E-state index contributed by atoms with van der Waals surface area (Å²) < 4.78 is 28.2. The maximum atomic E-state index is 13.3. The molecule has 2 aromatic carbocycles. The maximum absolute atomic E-state index is 13.3. The third-order valence-electron chi connectivity index (χ3n) is 6.11. The topological polar surface area (TPSA) is 60.9 Å². The fourth-order valence-electron chi connectivity index (χ4n) is 4.25. The van der Waals surface area contributed by atoms with Crippen LogP contribution < -0.4 is 0 Å². The van der Waals surface area contributed by atoms with Crippen LogP contribution >= 0.6 is 0 Å². The van der Waals surface area contributed by atoms with Gasteiger partial charge in [0, 0.05) is 50.9 Å². The van der Waals surface area contributed by atoms with Gasteiger partial charge in [-0.1, -0.05) is 50.2 Å². The van der Waals surface area contributed by atoms with Gasteiger partial charge in [-0.05, 0) is 42.5 Å². The average Bonchev–Trinajstić information content (AvgIpc) is 3.63. The van der Waals surface area contributed by atoms with E-state index >= 15 is 0 Å². The van der Waals surface area contributed by atoms with Crippen LogP contribution in [0.5, 0.6) is 0 Å². The van der Waals surface area contributed by atoms with Gasteiger partial charge < -0.3 is 4.90 Å². The van der Waals surface area contributed by atoms with Crippen LogP contribution in [0.15, 0.2) is 59.5 Å². The molecule has 2 aliphatic rings. The number of benzene rings is 2. The van der Waals surface area contributed by atoms with Crippen molar-refractivity contribution in [1.82, 2.24) is 14.1 Å². The number of carbonyl (C=O) groups excluding carboxylic acids is 1. The Morgan fingerprint density at radius 2 is 1.69 bits per heavy atom. The van der Waals surface area contributed by atoms with Crippen molar-refractivity contribution in [2.45, 2.75) is 44.2 Å². The maximum Gasteiger partial charge on any atom is 0.254 e. The molecule has 7 heteroatoms. The molecule has 1 aliphatic heterocycles. The first-order valence-corrected chi connectivity index (χ1v) is 13.0. The number of rotatable bonds is 8. The number of hydrogen-bond acceptors (Lipinski definition) is 4. The lowest BCUT2D eigenvalue weighted by Gasteiger charge is -2.34. The highest BCUT2D eigenvalue weighted by atomic mass is 32.2. The molecule has 1 aliphatic carbocycles. The van der Waals surface area contributed by atoms with E-state index in [-0.39, 0.29) is 10.8 Å². The van der Waals surface area contributed by atoms with Crippen LogP contribution in [0.1, 0.15) is 42.6 Å². The molecule has 4 rings (SSSR count). The highest BCUT2D eigenvalue weighted by molar-refractivity contribution is 7.89. The smallest absolute Gasteiger partial charge is 0.254 e. The van der Waals surface area contributed by atoms with E-state index in [9.17, 15) is 13.2 Å². The molecule has 1 saturated carbocycles. The minimum absolute atomic E-state index is 0.0640. The van der Waals surface area contributed by atoms with Crippen LogP contribution in [0.25, 0.3) is 0 Å². The molecule has 0 aromatic heterocycles. The zero-order valence-electron chi connectivity index (χ0n) is 19.0. The molecule has 1 heterocycles. The van der Waals surface area contributed by atoms with Crippen molar-refractivity contribution in [3.05, 3.63) is 65.7 Å². The summed E-state index contributed by atoms with van der Waals surface area (Å²) in [7, 11) is -3.63.